The number of carbonyl (C=O) groups is 1. The second-order valence-electron chi connectivity index (χ2n) is 5.93. The lowest BCUT2D eigenvalue weighted by atomic mass is 10.2. The number of amides is 1. The molecule has 1 heterocycles. The Kier molecular flexibility index (Phi) is 4.15. The molecular formula is C19H21N3O. The number of rotatable bonds is 4. The normalized spacial score (nSPS) is 11.1. The van der Waals surface area contributed by atoms with Gasteiger partial charge >= 0.3 is 0 Å². The van der Waals surface area contributed by atoms with Gasteiger partial charge in [-0.05, 0) is 45.0 Å². The van der Waals surface area contributed by atoms with Gasteiger partial charge in [-0.15, -0.1) is 0 Å². The molecule has 3 aromatic rings. The number of hydrogen-bond acceptors (Lipinski definition) is 2. The third kappa shape index (κ3) is 2.97. The van der Waals surface area contributed by atoms with Gasteiger partial charge in [-0.3, -0.25) is 4.79 Å². The molecule has 4 nitrogen and oxygen atoms in total. The van der Waals surface area contributed by atoms with Crippen molar-refractivity contribution in [2.75, 3.05) is 4.90 Å². The van der Waals surface area contributed by atoms with Crippen LogP contribution in [0.15, 0.2) is 54.6 Å². The van der Waals surface area contributed by atoms with E-state index in [-0.39, 0.29) is 11.9 Å². The number of benzene rings is 2. The molecule has 0 spiro atoms. The monoisotopic (exact) mass is 307 g/mol. The van der Waals surface area contributed by atoms with Crippen LogP contribution in [-0.2, 0) is 11.3 Å². The SMILES string of the molecule is Cc1nc2ccccc2n1CC(=O)N(c1ccccc1)C(C)C. The smallest absolute Gasteiger partial charge is 0.247 e. The first kappa shape index (κ1) is 15.3. The van der Waals surface area contributed by atoms with Gasteiger partial charge in [0.05, 0.1) is 11.0 Å². The fourth-order valence-electron chi connectivity index (χ4n) is 2.93. The van der Waals surface area contributed by atoms with Crippen LogP contribution in [0.4, 0.5) is 5.69 Å². The van der Waals surface area contributed by atoms with E-state index in [9.17, 15) is 4.79 Å². The lowest BCUT2D eigenvalue weighted by molar-refractivity contribution is -0.119. The first-order chi connectivity index (χ1) is 11.1. The van der Waals surface area contributed by atoms with Crippen LogP contribution < -0.4 is 4.90 Å². The number of anilines is 1. The molecular weight excluding hydrogens is 286 g/mol. The highest BCUT2D eigenvalue weighted by atomic mass is 16.2. The van der Waals surface area contributed by atoms with E-state index in [0.717, 1.165) is 22.5 Å². The largest absolute Gasteiger partial charge is 0.319 e. The number of para-hydroxylation sites is 3. The van der Waals surface area contributed by atoms with Crippen molar-refractivity contribution in [3.8, 4) is 0 Å². The van der Waals surface area contributed by atoms with Crippen molar-refractivity contribution in [3.63, 3.8) is 0 Å². The average Bonchev–Trinajstić information content (AvgIpc) is 2.84. The predicted molar refractivity (Wildman–Crippen MR) is 93.5 cm³/mol. The van der Waals surface area contributed by atoms with Crippen molar-refractivity contribution >= 4 is 22.6 Å². The van der Waals surface area contributed by atoms with E-state index in [0.29, 0.717) is 6.54 Å². The van der Waals surface area contributed by atoms with E-state index in [1.807, 2.05) is 84.8 Å². The van der Waals surface area contributed by atoms with E-state index in [2.05, 4.69) is 4.98 Å². The number of hydrogen-bond donors (Lipinski definition) is 0. The number of imidazole rings is 1. The Morgan fingerprint density at radius 1 is 1.09 bits per heavy atom. The second-order valence-corrected chi connectivity index (χ2v) is 5.93. The van der Waals surface area contributed by atoms with Crippen molar-refractivity contribution < 1.29 is 4.79 Å². The predicted octanol–water partition coefficient (Wildman–Crippen LogP) is 3.79. The lowest BCUT2D eigenvalue weighted by Crippen LogP contribution is -2.39. The quantitative estimate of drug-likeness (QED) is 0.735. The third-order valence-electron chi connectivity index (χ3n) is 3.96. The van der Waals surface area contributed by atoms with Crippen LogP contribution >= 0.6 is 0 Å². The molecule has 0 saturated carbocycles. The Labute approximate surface area is 136 Å². The number of aryl methyl sites for hydroxylation is 1. The van der Waals surface area contributed by atoms with Crippen molar-refractivity contribution in [2.45, 2.75) is 33.4 Å². The molecule has 0 N–H and O–H groups in total. The maximum Gasteiger partial charge on any atom is 0.247 e. The summed E-state index contributed by atoms with van der Waals surface area (Å²) in [7, 11) is 0. The first-order valence-corrected chi connectivity index (χ1v) is 7.87. The highest BCUT2D eigenvalue weighted by Crippen LogP contribution is 2.20. The average molecular weight is 307 g/mol. The Morgan fingerprint density at radius 2 is 1.74 bits per heavy atom. The number of aromatic nitrogens is 2. The van der Waals surface area contributed by atoms with Gasteiger partial charge in [-0.1, -0.05) is 30.3 Å². The van der Waals surface area contributed by atoms with Crippen LogP contribution in [-0.4, -0.2) is 21.5 Å². The molecule has 0 aliphatic carbocycles. The van der Waals surface area contributed by atoms with Crippen molar-refractivity contribution in [1.29, 1.82) is 0 Å². The second kappa shape index (κ2) is 6.24. The Bertz CT molecular complexity index is 821. The van der Waals surface area contributed by atoms with E-state index in [4.69, 9.17) is 0 Å². The highest BCUT2D eigenvalue weighted by molar-refractivity contribution is 5.94. The summed E-state index contributed by atoms with van der Waals surface area (Å²) in [5, 5.41) is 0. The molecule has 0 fully saturated rings. The topological polar surface area (TPSA) is 38.1 Å². The lowest BCUT2D eigenvalue weighted by Gasteiger charge is -2.27. The molecule has 1 aromatic heterocycles. The zero-order valence-corrected chi connectivity index (χ0v) is 13.7. The summed E-state index contributed by atoms with van der Waals surface area (Å²) in [6, 6.07) is 17.8. The summed E-state index contributed by atoms with van der Waals surface area (Å²) in [5.74, 6) is 0.925. The van der Waals surface area contributed by atoms with Crippen LogP contribution in [0.25, 0.3) is 11.0 Å². The minimum Gasteiger partial charge on any atom is -0.319 e. The van der Waals surface area contributed by atoms with Crippen LogP contribution in [0.3, 0.4) is 0 Å². The Balaban J connectivity index is 1.94. The molecule has 3 rings (SSSR count). The van der Waals surface area contributed by atoms with E-state index in [1.54, 1.807) is 0 Å². The molecule has 0 atom stereocenters. The summed E-state index contributed by atoms with van der Waals surface area (Å²) in [5.41, 5.74) is 2.85. The van der Waals surface area contributed by atoms with Gasteiger partial charge in [-0.2, -0.15) is 0 Å². The zero-order chi connectivity index (χ0) is 16.4. The Hall–Kier alpha value is -2.62. The van der Waals surface area contributed by atoms with Crippen LogP contribution in [0.2, 0.25) is 0 Å². The number of nitrogens with zero attached hydrogens (tertiary/aromatic N) is 3. The molecule has 0 aliphatic heterocycles. The number of fused-ring (bicyclic) bond motifs is 1. The van der Waals surface area contributed by atoms with Crippen LogP contribution in [0.1, 0.15) is 19.7 Å². The molecule has 23 heavy (non-hydrogen) atoms. The van der Waals surface area contributed by atoms with E-state index >= 15 is 0 Å². The van der Waals surface area contributed by atoms with Gasteiger partial charge in [0.1, 0.15) is 12.4 Å². The maximum atomic E-state index is 12.9. The zero-order valence-electron chi connectivity index (χ0n) is 13.7. The fraction of sp³-hybridized carbons (Fsp3) is 0.263. The van der Waals surface area contributed by atoms with Gasteiger partial charge < -0.3 is 9.47 Å². The number of carbonyl (C=O) groups excluding carboxylic acids is 1. The molecule has 4 heteroatoms. The first-order valence-electron chi connectivity index (χ1n) is 7.87. The molecule has 0 aliphatic rings. The molecule has 0 radical (unpaired) electrons. The van der Waals surface area contributed by atoms with E-state index < -0.39 is 0 Å². The van der Waals surface area contributed by atoms with Gasteiger partial charge in [0.15, 0.2) is 0 Å². The highest BCUT2D eigenvalue weighted by Gasteiger charge is 2.20. The summed E-state index contributed by atoms with van der Waals surface area (Å²) in [4.78, 5) is 19.3. The molecule has 1 amide bonds. The molecule has 0 unspecified atom stereocenters. The van der Waals surface area contributed by atoms with Crippen LogP contribution in [0, 0.1) is 6.92 Å². The molecule has 0 saturated heterocycles. The van der Waals surface area contributed by atoms with Crippen molar-refractivity contribution in [3.05, 3.63) is 60.4 Å². The van der Waals surface area contributed by atoms with Gasteiger partial charge in [0, 0.05) is 11.7 Å². The Morgan fingerprint density at radius 3 is 2.43 bits per heavy atom. The summed E-state index contributed by atoms with van der Waals surface area (Å²) in [6.45, 7) is 6.29. The summed E-state index contributed by atoms with van der Waals surface area (Å²) < 4.78 is 1.98. The standard InChI is InChI=1S/C19H21N3O/c1-14(2)22(16-9-5-4-6-10-16)19(23)13-21-15(3)20-17-11-7-8-12-18(17)21/h4-12,14H,13H2,1-3H3. The molecule has 118 valence electrons. The molecule has 0 bridgehead atoms. The third-order valence-corrected chi connectivity index (χ3v) is 3.96. The van der Waals surface area contributed by atoms with Crippen LogP contribution in [0.5, 0.6) is 0 Å². The van der Waals surface area contributed by atoms with Crippen molar-refractivity contribution in [2.24, 2.45) is 0 Å². The van der Waals surface area contributed by atoms with Crippen molar-refractivity contribution in [1.82, 2.24) is 9.55 Å². The minimum absolute atomic E-state index is 0.0671. The van der Waals surface area contributed by atoms with Gasteiger partial charge in [0.2, 0.25) is 5.91 Å². The van der Waals surface area contributed by atoms with E-state index in [1.165, 1.54) is 0 Å². The van der Waals surface area contributed by atoms with Gasteiger partial charge in [-0.25, -0.2) is 4.98 Å². The maximum absolute atomic E-state index is 12.9. The molecule has 2 aromatic carbocycles. The summed E-state index contributed by atoms with van der Waals surface area (Å²) >= 11 is 0. The summed E-state index contributed by atoms with van der Waals surface area (Å²) in [6.07, 6.45) is 0. The minimum atomic E-state index is 0.0671. The fourth-order valence-corrected chi connectivity index (χ4v) is 2.93. The van der Waals surface area contributed by atoms with Gasteiger partial charge in [0.25, 0.3) is 0 Å².